The summed E-state index contributed by atoms with van der Waals surface area (Å²) in [6, 6.07) is 0.0653. The van der Waals surface area contributed by atoms with E-state index in [1.54, 1.807) is 0 Å². The molecule has 1 aromatic rings. The van der Waals surface area contributed by atoms with Crippen molar-refractivity contribution in [1.82, 2.24) is 15.5 Å². The van der Waals surface area contributed by atoms with Crippen LogP contribution in [0.4, 0.5) is 6.01 Å². The van der Waals surface area contributed by atoms with E-state index in [-0.39, 0.29) is 11.9 Å². The first kappa shape index (κ1) is 14.8. The molecular formula is C13H23N5O2. The highest BCUT2D eigenvalue weighted by Gasteiger charge is 2.30. The number of anilines is 1. The van der Waals surface area contributed by atoms with E-state index >= 15 is 0 Å². The lowest BCUT2D eigenvalue weighted by atomic mass is 10.0. The highest BCUT2D eigenvalue weighted by atomic mass is 16.4. The highest BCUT2D eigenvalue weighted by Crippen LogP contribution is 2.23. The second-order valence-electron chi connectivity index (χ2n) is 5.61. The Bertz CT molecular complexity index is 446. The van der Waals surface area contributed by atoms with Gasteiger partial charge in [-0.2, -0.15) is 0 Å². The summed E-state index contributed by atoms with van der Waals surface area (Å²) >= 11 is 0. The third-order valence-corrected chi connectivity index (χ3v) is 3.36. The van der Waals surface area contributed by atoms with Gasteiger partial charge in [-0.3, -0.25) is 4.79 Å². The number of nitrogens with one attached hydrogen (secondary N) is 1. The van der Waals surface area contributed by atoms with Crippen molar-refractivity contribution in [3.63, 3.8) is 0 Å². The molecule has 1 saturated heterocycles. The van der Waals surface area contributed by atoms with Crippen LogP contribution < -0.4 is 16.0 Å². The summed E-state index contributed by atoms with van der Waals surface area (Å²) in [5, 5.41) is 11.3. The summed E-state index contributed by atoms with van der Waals surface area (Å²) in [7, 11) is 0. The molecule has 1 aromatic heterocycles. The number of hydrogen-bond donors (Lipinski definition) is 2. The normalized spacial score (nSPS) is 19.6. The number of amides is 1. The fraction of sp³-hybridized carbons (Fsp3) is 0.769. The number of aromatic nitrogens is 2. The molecule has 1 fully saturated rings. The number of hydrogen-bond acceptors (Lipinski definition) is 6. The Morgan fingerprint density at radius 3 is 3.00 bits per heavy atom. The maximum Gasteiger partial charge on any atom is 0.318 e. The minimum Gasteiger partial charge on any atom is -0.407 e. The number of carbonyl (C=O) groups is 1. The fourth-order valence-corrected chi connectivity index (χ4v) is 2.36. The molecule has 2 heterocycles. The molecule has 1 aliphatic rings. The molecule has 112 valence electrons. The van der Waals surface area contributed by atoms with Crippen LogP contribution in [-0.4, -0.2) is 35.2 Å². The Morgan fingerprint density at radius 1 is 1.50 bits per heavy atom. The van der Waals surface area contributed by atoms with Gasteiger partial charge in [-0.05, 0) is 31.7 Å². The van der Waals surface area contributed by atoms with Gasteiger partial charge in [0.1, 0.15) is 6.04 Å². The monoisotopic (exact) mass is 281 g/mol. The van der Waals surface area contributed by atoms with Crippen LogP contribution in [0.5, 0.6) is 0 Å². The Morgan fingerprint density at radius 2 is 2.30 bits per heavy atom. The fourth-order valence-electron chi connectivity index (χ4n) is 2.36. The number of carbonyl (C=O) groups excluding carboxylic acids is 1. The molecule has 20 heavy (non-hydrogen) atoms. The van der Waals surface area contributed by atoms with Crippen LogP contribution in [0.25, 0.3) is 0 Å². The number of nitrogens with zero attached hydrogens (tertiary/aromatic N) is 3. The first-order valence-electron chi connectivity index (χ1n) is 7.17. The van der Waals surface area contributed by atoms with Crippen molar-refractivity contribution in [3.8, 4) is 0 Å². The summed E-state index contributed by atoms with van der Waals surface area (Å²) in [6.45, 7) is 6.44. The van der Waals surface area contributed by atoms with E-state index in [2.05, 4.69) is 29.4 Å². The van der Waals surface area contributed by atoms with Crippen LogP contribution >= 0.6 is 0 Å². The average Bonchev–Trinajstić information content (AvgIpc) is 2.87. The Labute approximate surface area is 118 Å². The van der Waals surface area contributed by atoms with Crippen molar-refractivity contribution < 1.29 is 9.21 Å². The molecule has 1 atom stereocenters. The van der Waals surface area contributed by atoms with Gasteiger partial charge in [0.05, 0.1) is 6.54 Å². The van der Waals surface area contributed by atoms with Crippen molar-refractivity contribution in [2.75, 3.05) is 18.0 Å². The van der Waals surface area contributed by atoms with Crippen LogP contribution in [0.1, 0.15) is 39.0 Å². The Hall–Kier alpha value is -1.63. The van der Waals surface area contributed by atoms with Crippen LogP contribution in [0.2, 0.25) is 0 Å². The highest BCUT2D eigenvalue weighted by molar-refractivity contribution is 5.83. The quantitative estimate of drug-likeness (QED) is 0.795. The van der Waals surface area contributed by atoms with Crippen molar-refractivity contribution in [1.29, 1.82) is 0 Å². The summed E-state index contributed by atoms with van der Waals surface area (Å²) in [5.74, 6) is 0.774. The number of nitrogens with two attached hydrogens (primary N) is 1. The molecule has 7 nitrogen and oxygen atoms in total. The smallest absolute Gasteiger partial charge is 0.318 e. The molecule has 0 bridgehead atoms. The topological polar surface area (TPSA) is 97.3 Å². The second kappa shape index (κ2) is 6.69. The molecule has 0 radical (unpaired) electrons. The molecule has 0 spiro atoms. The molecule has 0 aromatic carbocycles. The van der Waals surface area contributed by atoms with Crippen molar-refractivity contribution in [2.45, 2.75) is 45.7 Å². The molecule has 1 aliphatic heterocycles. The van der Waals surface area contributed by atoms with Crippen LogP contribution in [0, 0.1) is 5.92 Å². The van der Waals surface area contributed by atoms with E-state index in [4.69, 9.17) is 10.2 Å². The van der Waals surface area contributed by atoms with Gasteiger partial charge >= 0.3 is 6.01 Å². The van der Waals surface area contributed by atoms with E-state index in [9.17, 15) is 4.79 Å². The lowest BCUT2D eigenvalue weighted by molar-refractivity contribution is -0.119. The van der Waals surface area contributed by atoms with Crippen molar-refractivity contribution in [2.24, 2.45) is 11.7 Å². The molecule has 1 unspecified atom stereocenters. The van der Waals surface area contributed by atoms with Gasteiger partial charge in [-0.15, -0.1) is 5.10 Å². The number of primary amides is 1. The molecule has 0 saturated carbocycles. The van der Waals surface area contributed by atoms with Gasteiger partial charge < -0.3 is 20.4 Å². The maximum absolute atomic E-state index is 11.5. The second-order valence-corrected chi connectivity index (χ2v) is 5.61. The van der Waals surface area contributed by atoms with Gasteiger partial charge in [0.25, 0.3) is 0 Å². The minimum absolute atomic E-state index is 0.331. The summed E-state index contributed by atoms with van der Waals surface area (Å²) in [6.07, 6.45) is 2.76. The predicted octanol–water partition coefficient (Wildman–Crippen LogP) is 0.659. The van der Waals surface area contributed by atoms with Gasteiger partial charge in [0.15, 0.2) is 0 Å². The molecule has 2 rings (SSSR count). The van der Waals surface area contributed by atoms with Gasteiger partial charge in [-0.1, -0.05) is 18.9 Å². The van der Waals surface area contributed by atoms with E-state index in [0.29, 0.717) is 24.4 Å². The zero-order valence-corrected chi connectivity index (χ0v) is 12.1. The van der Waals surface area contributed by atoms with E-state index in [1.807, 2.05) is 4.90 Å². The van der Waals surface area contributed by atoms with Crippen LogP contribution in [0.15, 0.2) is 4.42 Å². The van der Waals surface area contributed by atoms with E-state index in [1.165, 1.54) is 0 Å². The molecule has 3 N–H and O–H groups in total. The summed E-state index contributed by atoms with van der Waals surface area (Å²) in [5.41, 5.74) is 5.43. The van der Waals surface area contributed by atoms with Gasteiger partial charge in [-0.25, -0.2) is 0 Å². The SMILES string of the molecule is CC(C)CNCc1nnc(N2CCCCC2C(N)=O)o1. The third kappa shape index (κ3) is 3.69. The zero-order valence-electron chi connectivity index (χ0n) is 12.1. The van der Waals surface area contributed by atoms with Crippen LogP contribution in [0.3, 0.4) is 0 Å². The predicted molar refractivity (Wildman–Crippen MR) is 75.0 cm³/mol. The average molecular weight is 281 g/mol. The van der Waals surface area contributed by atoms with Crippen molar-refractivity contribution in [3.05, 3.63) is 5.89 Å². The molecular weight excluding hydrogens is 258 g/mol. The molecule has 0 aliphatic carbocycles. The Kier molecular flexibility index (Phi) is 4.94. The molecule has 1 amide bonds. The van der Waals surface area contributed by atoms with E-state index in [0.717, 1.165) is 32.4 Å². The maximum atomic E-state index is 11.5. The van der Waals surface area contributed by atoms with Crippen molar-refractivity contribution >= 4 is 11.9 Å². The molecule has 7 heteroatoms. The van der Waals surface area contributed by atoms with E-state index < -0.39 is 0 Å². The first-order valence-corrected chi connectivity index (χ1v) is 7.17. The largest absolute Gasteiger partial charge is 0.407 e. The Balaban J connectivity index is 1.97. The lowest BCUT2D eigenvalue weighted by Gasteiger charge is -2.31. The standard InChI is InChI=1S/C13H23N5O2/c1-9(2)7-15-8-11-16-17-13(20-11)18-6-4-3-5-10(18)12(14)19/h9-10,15H,3-8H2,1-2H3,(H2,14,19). The number of rotatable bonds is 6. The third-order valence-electron chi connectivity index (χ3n) is 3.36. The first-order chi connectivity index (χ1) is 9.58. The summed E-state index contributed by atoms with van der Waals surface area (Å²) < 4.78 is 5.62. The van der Waals surface area contributed by atoms with Crippen LogP contribution in [-0.2, 0) is 11.3 Å². The lowest BCUT2D eigenvalue weighted by Crippen LogP contribution is -2.48. The van der Waals surface area contributed by atoms with Gasteiger partial charge in [0, 0.05) is 6.54 Å². The zero-order chi connectivity index (χ0) is 14.5. The number of piperidine rings is 1. The minimum atomic E-state index is -0.333. The summed E-state index contributed by atoms with van der Waals surface area (Å²) in [4.78, 5) is 13.3. The van der Waals surface area contributed by atoms with Gasteiger partial charge in [0.2, 0.25) is 11.8 Å².